The molecule has 7 aromatic carbocycles. The van der Waals surface area contributed by atoms with Crippen molar-refractivity contribution in [1.82, 2.24) is 15.0 Å². The van der Waals surface area contributed by atoms with Gasteiger partial charge in [-0.25, -0.2) is 15.0 Å². The molecule has 2 aliphatic heterocycles. The number of fused-ring (bicyclic) bond motifs is 4. The van der Waals surface area contributed by atoms with Gasteiger partial charge in [-0.1, -0.05) is 90.6 Å². The SMILES string of the molecule is c1ccc(-c2nc(-c3ccc(N4c5ccccc5Oc5ccccc54)cc3)nc(-c3ccc(N4c5ccccc5Sc5ccccc54)cc3)n2)cc1. The third-order valence-corrected chi connectivity index (χ3v) is 10.4. The zero-order chi connectivity index (χ0) is 34.4. The van der Waals surface area contributed by atoms with Crippen LogP contribution in [0.15, 0.2) is 186 Å². The van der Waals surface area contributed by atoms with Crippen LogP contribution in [0.4, 0.5) is 34.1 Å². The van der Waals surface area contributed by atoms with E-state index in [9.17, 15) is 0 Å². The Balaban J connectivity index is 1.04. The zero-order valence-electron chi connectivity index (χ0n) is 27.8. The fourth-order valence-electron chi connectivity index (χ4n) is 6.84. The van der Waals surface area contributed by atoms with Crippen molar-refractivity contribution in [3.8, 4) is 45.7 Å². The maximum Gasteiger partial charge on any atom is 0.164 e. The van der Waals surface area contributed by atoms with Crippen LogP contribution in [-0.4, -0.2) is 15.0 Å². The van der Waals surface area contributed by atoms with Gasteiger partial charge in [0, 0.05) is 37.9 Å². The van der Waals surface area contributed by atoms with Crippen molar-refractivity contribution in [1.29, 1.82) is 0 Å². The topological polar surface area (TPSA) is 54.4 Å². The molecule has 0 radical (unpaired) electrons. The second-order valence-electron chi connectivity index (χ2n) is 12.5. The molecule has 10 rings (SSSR count). The molecule has 0 atom stereocenters. The molecule has 2 aliphatic rings. The van der Waals surface area contributed by atoms with Crippen molar-refractivity contribution >= 4 is 45.9 Å². The first-order chi connectivity index (χ1) is 25.8. The summed E-state index contributed by atoms with van der Waals surface area (Å²) < 4.78 is 6.23. The van der Waals surface area contributed by atoms with E-state index in [4.69, 9.17) is 19.7 Å². The van der Waals surface area contributed by atoms with Gasteiger partial charge in [0.05, 0.1) is 22.7 Å². The lowest BCUT2D eigenvalue weighted by Gasteiger charge is -2.32. The molecule has 3 heterocycles. The van der Waals surface area contributed by atoms with Gasteiger partial charge in [-0.05, 0) is 97.1 Å². The molecule has 0 saturated heterocycles. The molecule has 8 aromatic rings. The Morgan fingerprint density at radius 1 is 0.346 bits per heavy atom. The first kappa shape index (κ1) is 30.2. The van der Waals surface area contributed by atoms with Crippen molar-refractivity contribution in [3.63, 3.8) is 0 Å². The Bertz CT molecular complexity index is 2340. The highest BCUT2D eigenvalue weighted by Gasteiger charge is 2.26. The first-order valence-electron chi connectivity index (χ1n) is 17.1. The van der Waals surface area contributed by atoms with Crippen molar-refractivity contribution in [3.05, 3.63) is 176 Å². The summed E-state index contributed by atoms with van der Waals surface area (Å²) in [6.07, 6.45) is 0. The maximum absolute atomic E-state index is 6.23. The molecule has 0 bridgehead atoms. The summed E-state index contributed by atoms with van der Waals surface area (Å²) in [6.45, 7) is 0. The molecule has 246 valence electrons. The predicted octanol–water partition coefficient (Wildman–Crippen LogP) is 12.4. The van der Waals surface area contributed by atoms with Gasteiger partial charge in [0.2, 0.25) is 0 Å². The molecule has 52 heavy (non-hydrogen) atoms. The molecular weight excluding hydrogens is 659 g/mol. The van der Waals surface area contributed by atoms with E-state index in [1.807, 2.05) is 66.7 Å². The van der Waals surface area contributed by atoms with Crippen LogP contribution in [0.1, 0.15) is 0 Å². The monoisotopic (exact) mass is 687 g/mol. The van der Waals surface area contributed by atoms with Gasteiger partial charge < -0.3 is 14.5 Å². The lowest BCUT2D eigenvalue weighted by atomic mass is 10.1. The number of nitrogens with zero attached hydrogens (tertiary/aromatic N) is 5. The van der Waals surface area contributed by atoms with Crippen LogP contribution in [0.3, 0.4) is 0 Å². The number of ether oxygens (including phenoxy) is 1. The maximum atomic E-state index is 6.23. The van der Waals surface area contributed by atoms with Crippen LogP contribution in [0, 0.1) is 0 Å². The van der Waals surface area contributed by atoms with Crippen LogP contribution in [-0.2, 0) is 0 Å². The molecule has 0 fully saturated rings. The molecule has 0 N–H and O–H groups in total. The van der Waals surface area contributed by atoms with E-state index in [1.54, 1.807) is 11.8 Å². The van der Waals surface area contributed by atoms with E-state index in [-0.39, 0.29) is 0 Å². The Hall–Kier alpha value is -6.70. The van der Waals surface area contributed by atoms with Crippen molar-refractivity contribution in [2.45, 2.75) is 9.79 Å². The van der Waals surface area contributed by atoms with E-state index in [0.717, 1.165) is 50.9 Å². The fourth-order valence-corrected chi connectivity index (χ4v) is 7.89. The van der Waals surface area contributed by atoms with Gasteiger partial charge in [0.1, 0.15) is 0 Å². The smallest absolute Gasteiger partial charge is 0.164 e. The Morgan fingerprint density at radius 3 is 1.19 bits per heavy atom. The minimum absolute atomic E-state index is 0.609. The van der Waals surface area contributed by atoms with Gasteiger partial charge in [-0.2, -0.15) is 0 Å². The average molecular weight is 688 g/mol. The molecule has 7 heteroatoms. The molecular formula is C45H29N5OS. The normalized spacial score (nSPS) is 12.6. The highest BCUT2D eigenvalue weighted by atomic mass is 32.2. The standard InChI is InChI=1S/C45H29N5OS/c1-2-12-30(13-3-1)43-46-44(31-22-26-33(27-23-31)49-35-14-4-8-18-39(35)51-40-19-9-5-15-36(40)49)48-45(47-43)32-24-28-34(29-25-32)50-37-16-6-10-20-41(37)52-42-21-11-7-17-38(42)50/h1-29H. The second kappa shape index (κ2) is 12.6. The Morgan fingerprint density at radius 2 is 0.712 bits per heavy atom. The average Bonchev–Trinajstić information content (AvgIpc) is 3.22. The van der Waals surface area contributed by atoms with Crippen LogP contribution in [0.5, 0.6) is 11.5 Å². The summed E-state index contributed by atoms with van der Waals surface area (Å²) in [6, 6.07) is 60.3. The number of hydrogen-bond donors (Lipinski definition) is 0. The Labute approximate surface area is 305 Å². The highest BCUT2D eigenvalue weighted by Crippen LogP contribution is 2.52. The number of anilines is 6. The van der Waals surface area contributed by atoms with E-state index in [0.29, 0.717) is 17.5 Å². The summed E-state index contributed by atoms with van der Waals surface area (Å²) in [4.78, 5) is 22.0. The number of aromatic nitrogens is 3. The third kappa shape index (κ3) is 5.27. The van der Waals surface area contributed by atoms with Crippen LogP contribution in [0.25, 0.3) is 34.2 Å². The van der Waals surface area contributed by atoms with E-state index < -0.39 is 0 Å². The molecule has 0 spiro atoms. The number of hydrogen-bond acceptors (Lipinski definition) is 7. The Kier molecular flexibility index (Phi) is 7.29. The van der Waals surface area contributed by atoms with Gasteiger partial charge in [-0.15, -0.1) is 0 Å². The minimum Gasteiger partial charge on any atom is -0.453 e. The lowest BCUT2D eigenvalue weighted by molar-refractivity contribution is 0.477. The van der Waals surface area contributed by atoms with Gasteiger partial charge >= 0.3 is 0 Å². The van der Waals surface area contributed by atoms with Crippen molar-refractivity contribution < 1.29 is 4.74 Å². The van der Waals surface area contributed by atoms with E-state index >= 15 is 0 Å². The highest BCUT2D eigenvalue weighted by molar-refractivity contribution is 7.99. The van der Waals surface area contributed by atoms with Crippen molar-refractivity contribution in [2.24, 2.45) is 0 Å². The molecule has 0 amide bonds. The third-order valence-electron chi connectivity index (χ3n) is 9.30. The van der Waals surface area contributed by atoms with Gasteiger partial charge in [0.15, 0.2) is 29.0 Å². The van der Waals surface area contributed by atoms with Gasteiger partial charge in [-0.3, -0.25) is 0 Å². The number of rotatable bonds is 5. The second-order valence-corrected chi connectivity index (χ2v) is 13.6. The van der Waals surface area contributed by atoms with E-state index in [2.05, 4.69) is 119 Å². The van der Waals surface area contributed by atoms with Gasteiger partial charge in [0.25, 0.3) is 0 Å². The summed E-state index contributed by atoms with van der Waals surface area (Å²) >= 11 is 1.81. The minimum atomic E-state index is 0.609. The molecule has 1 aromatic heterocycles. The fraction of sp³-hybridized carbons (Fsp3) is 0. The zero-order valence-corrected chi connectivity index (χ0v) is 28.6. The number of para-hydroxylation sites is 6. The lowest BCUT2D eigenvalue weighted by Crippen LogP contribution is -2.15. The quantitative estimate of drug-likeness (QED) is 0.178. The number of benzene rings is 7. The van der Waals surface area contributed by atoms with Crippen LogP contribution < -0.4 is 14.5 Å². The summed E-state index contributed by atoms with van der Waals surface area (Å²) in [5.74, 6) is 3.49. The van der Waals surface area contributed by atoms with E-state index in [1.165, 1.54) is 21.2 Å². The van der Waals surface area contributed by atoms with Crippen LogP contribution in [0.2, 0.25) is 0 Å². The summed E-state index contributed by atoms with van der Waals surface area (Å²) in [7, 11) is 0. The molecule has 0 saturated carbocycles. The molecule has 0 aliphatic carbocycles. The molecule has 6 nitrogen and oxygen atoms in total. The summed E-state index contributed by atoms with van der Waals surface area (Å²) in [5.41, 5.74) is 9.14. The largest absolute Gasteiger partial charge is 0.453 e. The van der Waals surface area contributed by atoms with Crippen molar-refractivity contribution in [2.75, 3.05) is 9.80 Å². The van der Waals surface area contributed by atoms with Crippen LogP contribution >= 0.6 is 11.8 Å². The molecule has 0 unspecified atom stereocenters. The predicted molar refractivity (Wildman–Crippen MR) is 210 cm³/mol. The first-order valence-corrected chi connectivity index (χ1v) is 17.9. The summed E-state index contributed by atoms with van der Waals surface area (Å²) in [5, 5.41) is 0.